The third-order valence-corrected chi connectivity index (χ3v) is 4.78. The van der Waals surface area contributed by atoms with Gasteiger partial charge in [0.15, 0.2) is 0 Å². The van der Waals surface area contributed by atoms with Crippen molar-refractivity contribution < 1.29 is 19.1 Å². The molecule has 1 fully saturated rings. The second kappa shape index (κ2) is 9.78. The first-order chi connectivity index (χ1) is 13.7. The van der Waals surface area contributed by atoms with Crippen LogP contribution in [0.4, 0.5) is 10.5 Å². The van der Waals surface area contributed by atoms with Crippen molar-refractivity contribution in [2.45, 2.75) is 26.4 Å². The number of esters is 1. The molecule has 0 atom stereocenters. The van der Waals surface area contributed by atoms with Crippen LogP contribution < -0.4 is 10.1 Å². The molecule has 0 unspecified atom stereocenters. The number of nitrogens with one attached hydrogen (secondary N) is 1. The van der Waals surface area contributed by atoms with E-state index >= 15 is 0 Å². The number of piperidine rings is 1. The average Bonchev–Trinajstić information content (AvgIpc) is 2.74. The van der Waals surface area contributed by atoms with Crippen LogP contribution >= 0.6 is 0 Å². The Bertz CT molecular complexity index is 786. The minimum atomic E-state index is -0.214. The SMILES string of the molecule is CCOc1ccccc1COC(=O)C1CCN(C(=O)Nc2ccccc2)CC1. The maximum Gasteiger partial charge on any atom is 0.321 e. The van der Waals surface area contributed by atoms with Gasteiger partial charge in [-0.1, -0.05) is 36.4 Å². The molecule has 6 nitrogen and oxygen atoms in total. The van der Waals surface area contributed by atoms with Gasteiger partial charge in [0.1, 0.15) is 12.4 Å². The molecule has 1 heterocycles. The lowest BCUT2D eigenvalue weighted by Crippen LogP contribution is -2.42. The number of rotatable bonds is 6. The quantitative estimate of drug-likeness (QED) is 0.765. The molecule has 0 bridgehead atoms. The Morgan fingerprint density at radius 1 is 1.04 bits per heavy atom. The van der Waals surface area contributed by atoms with Crippen molar-refractivity contribution in [3.63, 3.8) is 0 Å². The molecular weight excluding hydrogens is 356 g/mol. The maximum absolute atomic E-state index is 12.4. The first kappa shape index (κ1) is 19.7. The van der Waals surface area contributed by atoms with Gasteiger partial charge in [-0.25, -0.2) is 4.79 Å². The lowest BCUT2D eigenvalue weighted by atomic mass is 9.97. The number of ether oxygens (including phenoxy) is 2. The summed E-state index contributed by atoms with van der Waals surface area (Å²) < 4.78 is 11.1. The number of hydrogen-bond acceptors (Lipinski definition) is 4. The number of urea groups is 1. The molecule has 6 heteroatoms. The van der Waals surface area contributed by atoms with Crippen molar-refractivity contribution in [1.82, 2.24) is 4.90 Å². The minimum Gasteiger partial charge on any atom is -0.493 e. The molecule has 3 rings (SSSR count). The monoisotopic (exact) mass is 382 g/mol. The van der Waals surface area contributed by atoms with E-state index in [1.54, 1.807) is 4.90 Å². The Hall–Kier alpha value is -3.02. The summed E-state index contributed by atoms with van der Waals surface area (Å²) >= 11 is 0. The van der Waals surface area contributed by atoms with Crippen molar-refractivity contribution in [3.05, 3.63) is 60.2 Å². The van der Waals surface area contributed by atoms with Crippen molar-refractivity contribution in [2.75, 3.05) is 25.0 Å². The number of nitrogens with zero attached hydrogens (tertiary/aromatic N) is 1. The van der Waals surface area contributed by atoms with Crippen molar-refractivity contribution >= 4 is 17.7 Å². The van der Waals surface area contributed by atoms with Gasteiger partial charge >= 0.3 is 12.0 Å². The standard InChI is InChI=1S/C22H26N2O4/c1-2-27-20-11-7-6-8-18(20)16-28-21(25)17-12-14-24(15-13-17)22(26)23-19-9-4-3-5-10-19/h3-11,17H,2,12-16H2,1H3,(H,23,26). The Balaban J connectivity index is 1.45. The third kappa shape index (κ3) is 5.25. The molecule has 0 aromatic heterocycles. The number of carbonyl (C=O) groups is 2. The number of anilines is 1. The number of para-hydroxylation sites is 2. The number of amides is 2. The van der Waals surface area contributed by atoms with Crippen LogP contribution in [0.25, 0.3) is 0 Å². The Labute approximate surface area is 165 Å². The van der Waals surface area contributed by atoms with Crippen molar-refractivity contribution in [2.24, 2.45) is 5.92 Å². The van der Waals surface area contributed by atoms with Gasteiger partial charge < -0.3 is 19.7 Å². The van der Waals surface area contributed by atoms with E-state index < -0.39 is 0 Å². The number of likely N-dealkylation sites (tertiary alicyclic amines) is 1. The van der Waals surface area contributed by atoms with Crippen LogP contribution in [0, 0.1) is 5.92 Å². The zero-order chi connectivity index (χ0) is 19.8. The summed E-state index contributed by atoms with van der Waals surface area (Å²) in [6.07, 6.45) is 1.21. The predicted octanol–water partition coefficient (Wildman–Crippen LogP) is 4.07. The van der Waals surface area contributed by atoms with Crippen LogP contribution in [0.3, 0.4) is 0 Å². The third-order valence-electron chi connectivity index (χ3n) is 4.78. The summed E-state index contributed by atoms with van der Waals surface area (Å²) in [5.74, 6) is 0.347. The fraction of sp³-hybridized carbons (Fsp3) is 0.364. The fourth-order valence-corrected chi connectivity index (χ4v) is 3.23. The van der Waals surface area contributed by atoms with E-state index in [1.807, 2.05) is 61.5 Å². The minimum absolute atomic E-state index is 0.136. The molecule has 28 heavy (non-hydrogen) atoms. The van der Waals surface area contributed by atoms with E-state index in [1.165, 1.54) is 0 Å². The highest BCUT2D eigenvalue weighted by Crippen LogP contribution is 2.23. The van der Waals surface area contributed by atoms with Gasteiger partial charge in [0.05, 0.1) is 12.5 Å². The Kier molecular flexibility index (Phi) is 6.89. The van der Waals surface area contributed by atoms with Gasteiger partial charge in [-0.3, -0.25) is 4.79 Å². The maximum atomic E-state index is 12.4. The summed E-state index contributed by atoms with van der Waals surface area (Å²) in [4.78, 5) is 26.5. The van der Waals surface area contributed by atoms with Crippen LogP contribution in [0.1, 0.15) is 25.3 Å². The Morgan fingerprint density at radius 2 is 1.71 bits per heavy atom. The second-order valence-corrected chi connectivity index (χ2v) is 6.71. The van der Waals surface area contributed by atoms with E-state index in [2.05, 4.69) is 5.32 Å². The number of carbonyl (C=O) groups excluding carboxylic acids is 2. The first-order valence-corrected chi connectivity index (χ1v) is 9.65. The number of benzene rings is 2. The van der Waals surface area contributed by atoms with E-state index in [0.717, 1.165) is 17.0 Å². The van der Waals surface area contributed by atoms with E-state index in [9.17, 15) is 9.59 Å². The molecule has 2 amide bonds. The van der Waals surface area contributed by atoms with Gasteiger partial charge in [0, 0.05) is 24.3 Å². The highest BCUT2D eigenvalue weighted by atomic mass is 16.5. The smallest absolute Gasteiger partial charge is 0.321 e. The van der Waals surface area contributed by atoms with Crippen LogP contribution in [-0.2, 0) is 16.1 Å². The van der Waals surface area contributed by atoms with E-state index in [-0.39, 0.29) is 24.5 Å². The van der Waals surface area contributed by atoms with Crippen LogP contribution in [0.5, 0.6) is 5.75 Å². The molecule has 2 aromatic rings. The molecular formula is C22H26N2O4. The summed E-state index contributed by atoms with van der Waals surface area (Å²) in [5.41, 5.74) is 1.62. The van der Waals surface area contributed by atoms with Crippen molar-refractivity contribution in [1.29, 1.82) is 0 Å². The zero-order valence-corrected chi connectivity index (χ0v) is 16.1. The topological polar surface area (TPSA) is 67.9 Å². The molecule has 1 saturated heterocycles. The van der Waals surface area contributed by atoms with E-state index in [0.29, 0.717) is 32.5 Å². The van der Waals surface area contributed by atoms with Crippen LogP contribution in [-0.4, -0.2) is 36.6 Å². The van der Waals surface area contributed by atoms with Gasteiger partial charge in [-0.2, -0.15) is 0 Å². The fourth-order valence-electron chi connectivity index (χ4n) is 3.23. The Morgan fingerprint density at radius 3 is 2.43 bits per heavy atom. The summed E-state index contributed by atoms with van der Waals surface area (Å²) in [6, 6.07) is 16.8. The normalized spacial score (nSPS) is 14.4. The molecule has 1 aliphatic rings. The van der Waals surface area contributed by atoms with Crippen LogP contribution in [0.2, 0.25) is 0 Å². The molecule has 1 N–H and O–H groups in total. The van der Waals surface area contributed by atoms with Crippen LogP contribution in [0.15, 0.2) is 54.6 Å². The van der Waals surface area contributed by atoms with Gasteiger partial charge in [0.2, 0.25) is 0 Å². The predicted molar refractivity (Wildman–Crippen MR) is 107 cm³/mol. The highest BCUT2D eigenvalue weighted by molar-refractivity contribution is 5.89. The van der Waals surface area contributed by atoms with E-state index in [4.69, 9.17) is 9.47 Å². The molecule has 2 aromatic carbocycles. The molecule has 0 radical (unpaired) electrons. The summed E-state index contributed by atoms with van der Waals surface area (Å²) in [5, 5.41) is 2.88. The first-order valence-electron chi connectivity index (χ1n) is 9.65. The summed E-state index contributed by atoms with van der Waals surface area (Å²) in [7, 11) is 0. The molecule has 0 aliphatic carbocycles. The summed E-state index contributed by atoms with van der Waals surface area (Å²) in [6.45, 7) is 3.75. The molecule has 148 valence electrons. The number of hydrogen-bond donors (Lipinski definition) is 1. The molecule has 0 saturated carbocycles. The highest BCUT2D eigenvalue weighted by Gasteiger charge is 2.28. The van der Waals surface area contributed by atoms with Gasteiger partial charge in [-0.05, 0) is 38.0 Å². The largest absolute Gasteiger partial charge is 0.493 e. The van der Waals surface area contributed by atoms with Gasteiger partial charge in [-0.15, -0.1) is 0 Å². The lowest BCUT2D eigenvalue weighted by molar-refractivity contribution is -0.151. The zero-order valence-electron chi connectivity index (χ0n) is 16.1. The van der Waals surface area contributed by atoms with Gasteiger partial charge in [0.25, 0.3) is 0 Å². The molecule has 0 spiro atoms. The van der Waals surface area contributed by atoms with Crippen molar-refractivity contribution in [3.8, 4) is 5.75 Å². The molecule has 1 aliphatic heterocycles. The average molecular weight is 382 g/mol. The lowest BCUT2D eigenvalue weighted by Gasteiger charge is -2.31. The second-order valence-electron chi connectivity index (χ2n) is 6.71.